The average Bonchev–Trinajstić information content (AvgIpc) is 2.87. The molecule has 0 spiro atoms. The summed E-state index contributed by atoms with van der Waals surface area (Å²) in [5.74, 6) is 0. The van der Waals surface area contributed by atoms with Crippen LogP contribution in [0.5, 0.6) is 0 Å². The summed E-state index contributed by atoms with van der Waals surface area (Å²) in [4.78, 5) is 0. The summed E-state index contributed by atoms with van der Waals surface area (Å²) >= 11 is 6.12. The minimum absolute atomic E-state index is 0.753. The maximum Gasteiger partial charge on any atom is 0.0651 e. The van der Waals surface area contributed by atoms with Crippen molar-refractivity contribution in [1.82, 2.24) is 10.2 Å². The van der Waals surface area contributed by atoms with Gasteiger partial charge in [-0.2, -0.15) is 5.10 Å². The average molecular weight is 272 g/mol. The Morgan fingerprint density at radius 3 is 2.95 bits per heavy atom. The van der Waals surface area contributed by atoms with Crippen LogP contribution in [0.2, 0.25) is 5.02 Å². The molecule has 0 aliphatic carbocycles. The molecule has 2 N–H and O–H groups in total. The van der Waals surface area contributed by atoms with E-state index in [1.165, 1.54) is 5.56 Å². The zero-order valence-electron chi connectivity index (χ0n) is 10.6. The molecule has 0 saturated carbocycles. The first-order chi connectivity index (χ1) is 9.22. The number of fused-ring (bicyclic) bond motifs is 1. The van der Waals surface area contributed by atoms with Gasteiger partial charge in [-0.25, -0.2) is 0 Å². The van der Waals surface area contributed by atoms with Gasteiger partial charge in [-0.05, 0) is 42.3 Å². The molecule has 1 aromatic heterocycles. The van der Waals surface area contributed by atoms with Crippen LogP contribution in [0.15, 0.2) is 42.6 Å². The lowest BCUT2D eigenvalue weighted by atomic mass is 10.1. The Kier molecular flexibility index (Phi) is 3.13. The van der Waals surface area contributed by atoms with Gasteiger partial charge in [0.15, 0.2) is 0 Å². The second kappa shape index (κ2) is 4.94. The minimum Gasteiger partial charge on any atom is -0.381 e. The van der Waals surface area contributed by atoms with Gasteiger partial charge in [0.05, 0.1) is 11.7 Å². The van der Waals surface area contributed by atoms with Crippen LogP contribution in [0, 0.1) is 6.92 Å². The number of aryl methyl sites for hydroxylation is 1. The van der Waals surface area contributed by atoms with E-state index < -0.39 is 0 Å². The van der Waals surface area contributed by atoms with Crippen LogP contribution in [0.1, 0.15) is 11.1 Å². The lowest BCUT2D eigenvalue weighted by molar-refractivity contribution is 1.12. The van der Waals surface area contributed by atoms with Gasteiger partial charge in [0.1, 0.15) is 0 Å². The second-order valence-corrected chi connectivity index (χ2v) is 5.02. The number of hydrogen-bond donors (Lipinski definition) is 2. The van der Waals surface area contributed by atoms with E-state index in [0.717, 1.165) is 33.7 Å². The zero-order chi connectivity index (χ0) is 13.2. The number of nitrogens with zero attached hydrogens (tertiary/aromatic N) is 1. The Bertz CT molecular complexity index is 718. The van der Waals surface area contributed by atoms with E-state index in [2.05, 4.69) is 27.6 Å². The van der Waals surface area contributed by atoms with Gasteiger partial charge in [0.25, 0.3) is 0 Å². The molecular weight excluding hydrogens is 258 g/mol. The molecule has 4 heteroatoms. The molecule has 0 saturated heterocycles. The van der Waals surface area contributed by atoms with Gasteiger partial charge in [0.2, 0.25) is 0 Å². The number of nitrogens with one attached hydrogen (secondary N) is 2. The third-order valence-corrected chi connectivity index (χ3v) is 3.58. The third-order valence-electron chi connectivity index (χ3n) is 3.17. The number of H-pyrrole nitrogens is 1. The van der Waals surface area contributed by atoms with Crippen LogP contribution in [0.25, 0.3) is 10.9 Å². The number of aromatic amines is 1. The normalized spacial score (nSPS) is 10.8. The Hall–Kier alpha value is -2.00. The number of anilines is 1. The monoisotopic (exact) mass is 271 g/mol. The lowest BCUT2D eigenvalue weighted by Crippen LogP contribution is -1.99. The van der Waals surface area contributed by atoms with Gasteiger partial charge >= 0.3 is 0 Å². The van der Waals surface area contributed by atoms with Gasteiger partial charge in [-0.3, -0.25) is 5.10 Å². The Morgan fingerprint density at radius 1 is 1.21 bits per heavy atom. The molecule has 0 atom stereocenters. The Morgan fingerprint density at radius 2 is 2.11 bits per heavy atom. The van der Waals surface area contributed by atoms with Crippen LogP contribution in [0.3, 0.4) is 0 Å². The van der Waals surface area contributed by atoms with Gasteiger partial charge in [0, 0.05) is 22.6 Å². The first-order valence-corrected chi connectivity index (χ1v) is 6.52. The molecule has 3 aromatic rings. The molecule has 96 valence electrons. The fourth-order valence-corrected chi connectivity index (χ4v) is 2.21. The Balaban J connectivity index is 1.75. The van der Waals surface area contributed by atoms with Crippen LogP contribution >= 0.6 is 11.6 Å². The van der Waals surface area contributed by atoms with E-state index >= 15 is 0 Å². The van der Waals surface area contributed by atoms with Crippen molar-refractivity contribution in [2.24, 2.45) is 0 Å². The summed E-state index contributed by atoms with van der Waals surface area (Å²) < 4.78 is 0. The van der Waals surface area contributed by atoms with Crippen LogP contribution in [0.4, 0.5) is 5.69 Å². The molecule has 2 aromatic carbocycles. The highest BCUT2D eigenvalue weighted by Gasteiger charge is 2.00. The van der Waals surface area contributed by atoms with E-state index in [9.17, 15) is 0 Å². The van der Waals surface area contributed by atoms with Crippen molar-refractivity contribution in [3.05, 3.63) is 58.7 Å². The maximum atomic E-state index is 6.12. The third kappa shape index (κ3) is 2.56. The van der Waals surface area contributed by atoms with Crippen molar-refractivity contribution in [3.8, 4) is 0 Å². The summed E-state index contributed by atoms with van der Waals surface area (Å²) in [6, 6.07) is 12.3. The van der Waals surface area contributed by atoms with E-state index in [1.807, 2.05) is 37.4 Å². The smallest absolute Gasteiger partial charge is 0.0651 e. The number of rotatable bonds is 3. The van der Waals surface area contributed by atoms with Crippen molar-refractivity contribution < 1.29 is 0 Å². The first-order valence-electron chi connectivity index (χ1n) is 6.14. The molecule has 19 heavy (non-hydrogen) atoms. The predicted molar refractivity (Wildman–Crippen MR) is 79.6 cm³/mol. The van der Waals surface area contributed by atoms with Crippen LogP contribution in [-0.4, -0.2) is 10.2 Å². The van der Waals surface area contributed by atoms with Gasteiger partial charge in [-0.1, -0.05) is 23.7 Å². The molecule has 3 rings (SSSR count). The molecule has 3 nitrogen and oxygen atoms in total. The van der Waals surface area contributed by atoms with Crippen molar-refractivity contribution in [3.63, 3.8) is 0 Å². The van der Waals surface area contributed by atoms with Crippen LogP contribution in [-0.2, 0) is 6.54 Å². The van der Waals surface area contributed by atoms with Crippen molar-refractivity contribution >= 4 is 28.2 Å². The molecule has 0 amide bonds. The molecule has 0 aliphatic heterocycles. The molecule has 0 fully saturated rings. The quantitative estimate of drug-likeness (QED) is 0.752. The highest BCUT2D eigenvalue weighted by Crippen LogP contribution is 2.20. The number of halogens is 1. The summed E-state index contributed by atoms with van der Waals surface area (Å²) in [6.07, 6.45) is 1.82. The molecule has 0 radical (unpaired) electrons. The molecule has 0 bridgehead atoms. The first kappa shape index (κ1) is 12.1. The molecule has 1 heterocycles. The summed E-state index contributed by atoms with van der Waals surface area (Å²) in [7, 11) is 0. The highest BCUT2D eigenvalue weighted by molar-refractivity contribution is 6.31. The summed E-state index contributed by atoms with van der Waals surface area (Å²) in [5.41, 5.74) is 4.39. The predicted octanol–water partition coefficient (Wildman–Crippen LogP) is 4.14. The summed E-state index contributed by atoms with van der Waals surface area (Å²) in [6.45, 7) is 2.76. The van der Waals surface area contributed by atoms with Crippen LogP contribution < -0.4 is 5.32 Å². The molecule has 0 aliphatic rings. The number of aromatic nitrogens is 2. The summed E-state index contributed by atoms with van der Waals surface area (Å²) in [5, 5.41) is 12.3. The van der Waals surface area contributed by atoms with E-state index in [0.29, 0.717) is 0 Å². The van der Waals surface area contributed by atoms with Crippen molar-refractivity contribution in [1.29, 1.82) is 0 Å². The van der Waals surface area contributed by atoms with E-state index in [4.69, 9.17) is 11.6 Å². The van der Waals surface area contributed by atoms with Crippen molar-refractivity contribution in [2.45, 2.75) is 13.5 Å². The van der Waals surface area contributed by atoms with Crippen molar-refractivity contribution in [2.75, 3.05) is 5.32 Å². The Labute approximate surface area is 116 Å². The van der Waals surface area contributed by atoms with Gasteiger partial charge in [-0.15, -0.1) is 0 Å². The fraction of sp³-hybridized carbons (Fsp3) is 0.133. The lowest BCUT2D eigenvalue weighted by Gasteiger charge is -2.08. The topological polar surface area (TPSA) is 40.7 Å². The molecular formula is C15H14ClN3. The van der Waals surface area contributed by atoms with E-state index in [-0.39, 0.29) is 0 Å². The highest BCUT2D eigenvalue weighted by atomic mass is 35.5. The van der Waals surface area contributed by atoms with E-state index in [1.54, 1.807) is 0 Å². The number of hydrogen-bond acceptors (Lipinski definition) is 2. The molecule has 0 unspecified atom stereocenters. The number of benzene rings is 2. The second-order valence-electron chi connectivity index (χ2n) is 4.61. The maximum absolute atomic E-state index is 6.12. The standard InChI is InChI=1S/C15H14ClN3/c1-10-2-3-11(6-14(10)16)8-17-13-4-5-15-12(7-13)9-18-19-15/h2-7,9,17H,8H2,1H3,(H,18,19). The zero-order valence-corrected chi connectivity index (χ0v) is 11.3. The minimum atomic E-state index is 0.753. The SMILES string of the molecule is Cc1ccc(CNc2ccc3[nH]ncc3c2)cc1Cl. The van der Waals surface area contributed by atoms with Gasteiger partial charge < -0.3 is 5.32 Å². The fourth-order valence-electron chi connectivity index (χ4n) is 2.00. The largest absolute Gasteiger partial charge is 0.381 e.